The average Bonchev–Trinajstić information content (AvgIpc) is 2.72. The van der Waals surface area contributed by atoms with Crippen molar-refractivity contribution in [2.75, 3.05) is 13.1 Å². The van der Waals surface area contributed by atoms with Gasteiger partial charge in [-0.05, 0) is 44.4 Å². The summed E-state index contributed by atoms with van der Waals surface area (Å²) in [5.74, 6) is 0.661. The van der Waals surface area contributed by atoms with Gasteiger partial charge in [-0.2, -0.15) is 0 Å². The van der Waals surface area contributed by atoms with Crippen molar-refractivity contribution in [3.63, 3.8) is 0 Å². The molecule has 0 aromatic heterocycles. The molecule has 0 aromatic rings. The van der Waals surface area contributed by atoms with Crippen molar-refractivity contribution in [3.05, 3.63) is 0 Å². The van der Waals surface area contributed by atoms with Gasteiger partial charge in [0, 0.05) is 6.54 Å². The Morgan fingerprint density at radius 3 is 2.35 bits per heavy atom. The molecule has 4 heteroatoms. The maximum atomic E-state index is 12.5. The van der Waals surface area contributed by atoms with Gasteiger partial charge in [-0.25, -0.2) is 0 Å². The zero-order valence-corrected chi connectivity index (χ0v) is 13.3. The molecule has 0 spiro atoms. The van der Waals surface area contributed by atoms with E-state index in [0.717, 1.165) is 13.0 Å². The van der Waals surface area contributed by atoms with Crippen LogP contribution in [0.15, 0.2) is 0 Å². The highest BCUT2D eigenvalue weighted by atomic mass is 16.2. The van der Waals surface area contributed by atoms with Gasteiger partial charge < -0.3 is 10.2 Å². The van der Waals surface area contributed by atoms with Crippen LogP contribution in [-0.4, -0.2) is 35.3 Å². The highest BCUT2D eigenvalue weighted by Gasteiger charge is 2.43. The Morgan fingerprint density at radius 2 is 1.80 bits per heavy atom. The summed E-state index contributed by atoms with van der Waals surface area (Å²) in [5, 5.41) is 2.78. The van der Waals surface area contributed by atoms with Gasteiger partial charge in [0.25, 0.3) is 0 Å². The van der Waals surface area contributed by atoms with Crippen LogP contribution in [0.25, 0.3) is 0 Å². The third kappa shape index (κ3) is 3.15. The molecular formula is C16H28N2O2. The standard InChI is InChI=1S/C16H28N2O2/c1-12(2)9-16(7-5-6-8-16)11-18-10-13(19)17-15(3,4)14(18)20/h12H,5-11H2,1-4H3,(H,17,19). The zero-order valence-electron chi connectivity index (χ0n) is 13.3. The molecule has 0 bridgehead atoms. The second-order valence-electron chi connectivity index (χ2n) is 7.64. The Bertz CT molecular complexity index is 395. The molecule has 1 heterocycles. The number of nitrogens with one attached hydrogen (secondary N) is 1. The summed E-state index contributed by atoms with van der Waals surface area (Å²) in [5.41, 5.74) is -0.523. The summed E-state index contributed by atoms with van der Waals surface area (Å²) in [6.07, 6.45) is 6.04. The molecular weight excluding hydrogens is 252 g/mol. The first-order valence-corrected chi connectivity index (χ1v) is 7.85. The summed E-state index contributed by atoms with van der Waals surface area (Å²) in [6, 6.07) is 0. The number of piperazine rings is 1. The third-order valence-electron chi connectivity index (χ3n) is 4.64. The van der Waals surface area contributed by atoms with Crippen LogP contribution in [0.2, 0.25) is 0 Å². The highest BCUT2D eigenvalue weighted by Crippen LogP contribution is 2.44. The fourth-order valence-corrected chi connectivity index (χ4v) is 4.03. The second kappa shape index (κ2) is 5.38. The Balaban J connectivity index is 2.13. The SMILES string of the molecule is CC(C)CC1(CN2CC(=O)NC(C)(C)C2=O)CCCC1. The molecule has 114 valence electrons. The maximum Gasteiger partial charge on any atom is 0.248 e. The summed E-state index contributed by atoms with van der Waals surface area (Å²) in [7, 11) is 0. The molecule has 2 aliphatic rings. The lowest BCUT2D eigenvalue weighted by molar-refractivity contribution is -0.150. The molecule has 20 heavy (non-hydrogen) atoms. The number of hydrogen-bond acceptors (Lipinski definition) is 2. The van der Waals surface area contributed by atoms with Gasteiger partial charge in [-0.15, -0.1) is 0 Å². The van der Waals surface area contributed by atoms with Gasteiger partial charge >= 0.3 is 0 Å². The summed E-state index contributed by atoms with van der Waals surface area (Å²) in [6.45, 7) is 9.05. The minimum absolute atomic E-state index is 0.0349. The van der Waals surface area contributed by atoms with Crippen molar-refractivity contribution in [3.8, 4) is 0 Å². The van der Waals surface area contributed by atoms with Crippen molar-refractivity contribution in [2.45, 2.75) is 65.3 Å². The topological polar surface area (TPSA) is 49.4 Å². The normalized spacial score (nSPS) is 25.1. The summed E-state index contributed by atoms with van der Waals surface area (Å²) in [4.78, 5) is 26.1. The van der Waals surface area contributed by atoms with Crippen LogP contribution in [0.3, 0.4) is 0 Å². The van der Waals surface area contributed by atoms with E-state index in [4.69, 9.17) is 0 Å². The summed E-state index contributed by atoms with van der Waals surface area (Å²) < 4.78 is 0. The fraction of sp³-hybridized carbons (Fsp3) is 0.875. The van der Waals surface area contributed by atoms with Gasteiger partial charge in [0.05, 0.1) is 6.54 Å². The van der Waals surface area contributed by atoms with Gasteiger partial charge in [0.2, 0.25) is 11.8 Å². The van der Waals surface area contributed by atoms with E-state index in [0.29, 0.717) is 5.92 Å². The van der Waals surface area contributed by atoms with E-state index in [2.05, 4.69) is 19.2 Å². The Hall–Kier alpha value is -1.06. The quantitative estimate of drug-likeness (QED) is 0.859. The molecule has 1 aliphatic carbocycles. The molecule has 1 saturated carbocycles. The Morgan fingerprint density at radius 1 is 1.20 bits per heavy atom. The van der Waals surface area contributed by atoms with Crippen LogP contribution < -0.4 is 5.32 Å². The predicted octanol–water partition coefficient (Wildman–Crippen LogP) is 2.33. The fourth-order valence-electron chi connectivity index (χ4n) is 4.03. The molecule has 2 rings (SSSR count). The number of hydrogen-bond donors (Lipinski definition) is 1. The van der Waals surface area contributed by atoms with E-state index < -0.39 is 5.54 Å². The minimum atomic E-state index is -0.757. The molecule has 2 fully saturated rings. The Labute approximate surface area is 122 Å². The first-order chi connectivity index (χ1) is 9.24. The van der Waals surface area contributed by atoms with E-state index in [-0.39, 0.29) is 23.8 Å². The highest BCUT2D eigenvalue weighted by molar-refractivity contribution is 5.97. The van der Waals surface area contributed by atoms with E-state index >= 15 is 0 Å². The van der Waals surface area contributed by atoms with E-state index in [1.807, 2.05) is 0 Å². The van der Waals surface area contributed by atoms with Crippen LogP contribution >= 0.6 is 0 Å². The molecule has 1 N–H and O–H groups in total. The van der Waals surface area contributed by atoms with Gasteiger partial charge in [-0.1, -0.05) is 26.7 Å². The van der Waals surface area contributed by atoms with Crippen LogP contribution in [0.4, 0.5) is 0 Å². The van der Waals surface area contributed by atoms with Gasteiger partial charge in [0.15, 0.2) is 0 Å². The molecule has 1 saturated heterocycles. The lowest BCUT2D eigenvalue weighted by atomic mass is 9.77. The average molecular weight is 280 g/mol. The molecule has 0 atom stereocenters. The number of carbonyl (C=O) groups is 2. The van der Waals surface area contributed by atoms with Crippen LogP contribution in [-0.2, 0) is 9.59 Å². The lowest BCUT2D eigenvalue weighted by Gasteiger charge is -2.42. The van der Waals surface area contributed by atoms with E-state index in [1.54, 1.807) is 18.7 Å². The van der Waals surface area contributed by atoms with Crippen LogP contribution in [0.1, 0.15) is 59.8 Å². The van der Waals surface area contributed by atoms with E-state index in [9.17, 15) is 9.59 Å². The predicted molar refractivity (Wildman–Crippen MR) is 79.2 cm³/mol. The minimum Gasteiger partial charge on any atom is -0.341 e. The van der Waals surface area contributed by atoms with Crippen molar-refractivity contribution in [1.29, 1.82) is 0 Å². The third-order valence-corrected chi connectivity index (χ3v) is 4.64. The van der Waals surface area contributed by atoms with Crippen LogP contribution in [0.5, 0.6) is 0 Å². The number of carbonyl (C=O) groups excluding carboxylic acids is 2. The van der Waals surface area contributed by atoms with Crippen molar-refractivity contribution in [2.24, 2.45) is 11.3 Å². The number of amides is 2. The maximum absolute atomic E-state index is 12.5. The second-order valence-corrected chi connectivity index (χ2v) is 7.64. The number of nitrogens with zero attached hydrogens (tertiary/aromatic N) is 1. The largest absolute Gasteiger partial charge is 0.341 e. The first-order valence-electron chi connectivity index (χ1n) is 7.85. The molecule has 0 unspecified atom stereocenters. The zero-order chi connectivity index (χ0) is 15.0. The van der Waals surface area contributed by atoms with Crippen LogP contribution in [0, 0.1) is 11.3 Å². The molecule has 0 radical (unpaired) electrons. The molecule has 4 nitrogen and oxygen atoms in total. The van der Waals surface area contributed by atoms with E-state index in [1.165, 1.54) is 25.7 Å². The monoisotopic (exact) mass is 280 g/mol. The number of rotatable bonds is 4. The smallest absolute Gasteiger partial charge is 0.248 e. The first kappa shape index (κ1) is 15.3. The van der Waals surface area contributed by atoms with Gasteiger partial charge in [-0.3, -0.25) is 9.59 Å². The Kier molecular flexibility index (Phi) is 4.12. The lowest BCUT2D eigenvalue weighted by Crippen LogP contribution is -2.65. The summed E-state index contributed by atoms with van der Waals surface area (Å²) >= 11 is 0. The van der Waals surface area contributed by atoms with Gasteiger partial charge in [0.1, 0.15) is 5.54 Å². The van der Waals surface area contributed by atoms with Crippen molar-refractivity contribution < 1.29 is 9.59 Å². The molecule has 2 amide bonds. The van der Waals surface area contributed by atoms with Crippen molar-refractivity contribution in [1.82, 2.24) is 10.2 Å². The van der Waals surface area contributed by atoms with Crippen molar-refractivity contribution >= 4 is 11.8 Å². The molecule has 0 aromatic carbocycles. The molecule has 1 aliphatic heterocycles.